The number of carbonyl (C=O) groups excluding carboxylic acids is 2. The molecule has 0 heterocycles. The lowest BCUT2D eigenvalue weighted by Gasteiger charge is -2.14. The van der Waals surface area contributed by atoms with Gasteiger partial charge in [-0.15, -0.1) is 0 Å². The highest BCUT2D eigenvalue weighted by atomic mass is 127. The third-order valence-electron chi connectivity index (χ3n) is 5.33. The van der Waals surface area contributed by atoms with Crippen molar-refractivity contribution in [1.29, 1.82) is 0 Å². The number of esters is 1. The zero-order valence-electron chi connectivity index (χ0n) is 19.1. The lowest BCUT2D eigenvalue weighted by atomic mass is 10.0. The van der Waals surface area contributed by atoms with Crippen molar-refractivity contribution in [3.05, 3.63) is 117 Å². The SMILES string of the molecule is COc1c(I)cc(C(=O)OCC(=O)c2ccc(-c3ccccc3)cc2)cc1OCc1ccccc1. The summed E-state index contributed by atoms with van der Waals surface area (Å²) in [5.41, 5.74) is 3.83. The molecular formula is C29H23IO5. The highest BCUT2D eigenvalue weighted by Crippen LogP contribution is 2.34. The maximum atomic E-state index is 12.7. The summed E-state index contributed by atoms with van der Waals surface area (Å²) in [5, 5.41) is 0. The van der Waals surface area contributed by atoms with E-state index in [0.717, 1.165) is 16.7 Å². The van der Waals surface area contributed by atoms with E-state index < -0.39 is 5.97 Å². The molecule has 0 radical (unpaired) electrons. The standard InChI is InChI=1S/C29H23IO5/c1-33-28-25(30)16-24(17-27(28)34-18-20-8-4-2-5-9-20)29(32)35-19-26(31)23-14-12-22(13-15-23)21-10-6-3-7-11-21/h2-17H,18-19H2,1H3. The molecule has 0 saturated carbocycles. The molecule has 4 aromatic carbocycles. The van der Waals surface area contributed by atoms with E-state index in [1.54, 1.807) is 31.4 Å². The molecular weight excluding hydrogens is 555 g/mol. The number of rotatable bonds is 9. The van der Waals surface area contributed by atoms with Crippen LogP contribution in [-0.4, -0.2) is 25.5 Å². The molecule has 6 heteroatoms. The minimum atomic E-state index is -0.607. The molecule has 0 bridgehead atoms. The van der Waals surface area contributed by atoms with E-state index in [1.807, 2.05) is 72.8 Å². The van der Waals surface area contributed by atoms with Crippen LogP contribution in [0.5, 0.6) is 11.5 Å². The van der Waals surface area contributed by atoms with E-state index >= 15 is 0 Å². The Hall–Kier alpha value is -3.65. The third kappa shape index (κ3) is 6.27. The number of benzene rings is 4. The number of carbonyl (C=O) groups is 2. The second-order valence-corrected chi connectivity index (χ2v) is 8.87. The van der Waals surface area contributed by atoms with Crippen LogP contribution in [0.2, 0.25) is 0 Å². The van der Waals surface area contributed by atoms with Crippen LogP contribution in [0.1, 0.15) is 26.3 Å². The Kier molecular flexibility index (Phi) is 8.15. The number of ketones is 1. The first kappa shape index (κ1) is 24.5. The molecule has 0 saturated heterocycles. The molecule has 0 aliphatic carbocycles. The van der Waals surface area contributed by atoms with Gasteiger partial charge in [0.15, 0.2) is 23.9 Å². The Balaban J connectivity index is 1.41. The number of halogens is 1. The lowest BCUT2D eigenvalue weighted by molar-refractivity contribution is 0.0474. The van der Waals surface area contributed by atoms with Crippen molar-refractivity contribution in [2.75, 3.05) is 13.7 Å². The van der Waals surface area contributed by atoms with Gasteiger partial charge in [0.2, 0.25) is 0 Å². The topological polar surface area (TPSA) is 61.8 Å². The zero-order valence-corrected chi connectivity index (χ0v) is 21.2. The predicted molar refractivity (Wildman–Crippen MR) is 143 cm³/mol. The summed E-state index contributed by atoms with van der Waals surface area (Å²) in [7, 11) is 1.55. The predicted octanol–water partition coefficient (Wildman–Crippen LogP) is 6.59. The number of hydrogen-bond donors (Lipinski definition) is 0. The molecule has 0 spiro atoms. The normalized spacial score (nSPS) is 10.5. The maximum absolute atomic E-state index is 12.7. The minimum Gasteiger partial charge on any atom is -0.492 e. The molecule has 0 aromatic heterocycles. The summed E-state index contributed by atoms with van der Waals surface area (Å²) in [6.45, 7) is -0.0322. The summed E-state index contributed by atoms with van der Waals surface area (Å²) >= 11 is 2.08. The molecule has 0 aliphatic rings. The van der Waals surface area contributed by atoms with Crippen molar-refractivity contribution in [3.63, 3.8) is 0 Å². The van der Waals surface area contributed by atoms with Gasteiger partial charge in [-0.25, -0.2) is 4.79 Å². The first-order chi connectivity index (χ1) is 17.0. The number of Topliss-reactive ketones (excluding diaryl/α,β-unsaturated/α-hetero) is 1. The third-order valence-corrected chi connectivity index (χ3v) is 6.14. The average Bonchev–Trinajstić information content (AvgIpc) is 2.91. The first-order valence-corrected chi connectivity index (χ1v) is 12.0. The fraction of sp³-hybridized carbons (Fsp3) is 0.103. The van der Waals surface area contributed by atoms with Gasteiger partial charge in [-0.1, -0.05) is 84.9 Å². The highest BCUT2D eigenvalue weighted by molar-refractivity contribution is 14.1. The first-order valence-electron chi connectivity index (χ1n) is 10.9. The van der Waals surface area contributed by atoms with Crippen LogP contribution in [0.4, 0.5) is 0 Å². The quantitative estimate of drug-likeness (QED) is 0.128. The molecule has 176 valence electrons. The van der Waals surface area contributed by atoms with Crippen LogP contribution in [0.3, 0.4) is 0 Å². The Labute approximate surface area is 217 Å². The Bertz CT molecular complexity index is 1300. The van der Waals surface area contributed by atoms with E-state index in [0.29, 0.717) is 27.2 Å². The number of ether oxygens (including phenoxy) is 3. The van der Waals surface area contributed by atoms with Gasteiger partial charge in [0, 0.05) is 5.56 Å². The van der Waals surface area contributed by atoms with Crippen LogP contribution in [-0.2, 0) is 11.3 Å². The van der Waals surface area contributed by atoms with Crippen molar-refractivity contribution in [3.8, 4) is 22.6 Å². The van der Waals surface area contributed by atoms with Gasteiger partial charge in [-0.05, 0) is 51.4 Å². The minimum absolute atomic E-state index is 0.276. The summed E-state index contributed by atoms with van der Waals surface area (Å²) < 4.78 is 17.4. The van der Waals surface area contributed by atoms with Crippen molar-refractivity contribution in [1.82, 2.24) is 0 Å². The van der Waals surface area contributed by atoms with Gasteiger partial charge in [0.05, 0.1) is 16.2 Å². The largest absolute Gasteiger partial charge is 0.492 e. The molecule has 0 aliphatic heterocycles. The van der Waals surface area contributed by atoms with Crippen LogP contribution in [0, 0.1) is 3.57 Å². The lowest BCUT2D eigenvalue weighted by Crippen LogP contribution is -2.14. The molecule has 0 fully saturated rings. The van der Waals surface area contributed by atoms with Crippen LogP contribution in [0.25, 0.3) is 11.1 Å². The van der Waals surface area contributed by atoms with Gasteiger partial charge in [0.25, 0.3) is 0 Å². The summed E-state index contributed by atoms with van der Waals surface area (Å²) in [5.74, 6) is 0.0804. The highest BCUT2D eigenvalue weighted by Gasteiger charge is 2.18. The van der Waals surface area contributed by atoms with Gasteiger partial charge in [-0.2, -0.15) is 0 Å². The van der Waals surface area contributed by atoms with E-state index in [4.69, 9.17) is 14.2 Å². The van der Waals surface area contributed by atoms with Crippen LogP contribution >= 0.6 is 22.6 Å². The maximum Gasteiger partial charge on any atom is 0.338 e. The summed E-state index contributed by atoms with van der Waals surface area (Å²) in [6, 6.07) is 30.1. The van der Waals surface area contributed by atoms with E-state index in [-0.39, 0.29) is 18.0 Å². The molecule has 0 unspecified atom stereocenters. The second-order valence-electron chi connectivity index (χ2n) is 7.71. The van der Waals surface area contributed by atoms with Gasteiger partial charge >= 0.3 is 5.97 Å². The van der Waals surface area contributed by atoms with Crippen molar-refractivity contribution in [2.24, 2.45) is 0 Å². The van der Waals surface area contributed by atoms with Crippen LogP contribution < -0.4 is 9.47 Å². The average molecular weight is 578 g/mol. The van der Waals surface area contributed by atoms with E-state index in [9.17, 15) is 9.59 Å². The fourth-order valence-corrected chi connectivity index (χ4v) is 4.33. The monoisotopic (exact) mass is 578 g/mol. The van der Waals surface area contributed by atoms with Gasteiger partial charge in [-0.3, -0.25) is 4.79 Å². The van der Waals surface area contributed by atoms with Crippen molar-refractivity contribution < 1.29 is 23.8 Å². The van der Waals surface area contributed by atoms with Crippen molar-refractivity contribution in [2.45, 2.75) is 6.61 Å². The molecule has 0 atom stereocenters. The summed E-state index contributed by atoms with van der Waals surface area (Å²) in [4.78, 5) is 25.3. The number of methoxy groups -OCH3 is 1. The Morgan fingerprint density at radius 2 is 1.40 bits per heavy atom. The zero-order chi connectivity index (χ0) is 24.6. The molecule has 0 amide bonds. The fourth-order valence-electron chi connectivity index (χ4n) is 3.50. The smallest absolute Gasteiger partial charge is 0.338 e. The van der Waals surface area contributed by atoms with Gasteiger partial charge in [0.1, 0.15) is 6.61 Å². The van der Waals surface area contributed by atoms with E-state index in [1.165, 1.54) is 0 Å². The van der Waals surface area contributed by atoms with Gasteiger partial charge < -0.3 is 14.2 Å². The van der Waals surface area contributed by atoms with Crippen LogP contribution in [0.15, 0.2) is 97.1 Å². The Morgan fingerprint density at radius 3 is 2.06 bits per heavy atom. The van der Waals surface area contributed by atoms with Crippen molar-refractivity contribution >= 4 is 34.3 Å². The molecule has 4 aromatic rings. The molecule has 4 rings (SSSR count). The number of hydrogen-bond acceptors (Lipinski definition) is 5. The Morgan fingerprint density at radius 1 is 0.771 bits per heavy atom. The molecule has 5 nitrogen and oxygen atoms in total. The van der Waals surface area contributed by atoms with E-state index in [2.05, 4.69) is 22.6 Å². The second kappa shape index (κ2) is 11.7. The molecule has 35 heavy (non-hydrogen) atoms. The summed E-state index contributed by atoms with van der Waals surface area (Å²) in [6.07, 6.45) is 0. The molecule has 0 N–H and O–H groups in total.